The predicted octanol–water partition coefficient (Wildman–Crippen LogP) is 23.0. The highest BCUT2D eigenvalue weighted by Gasteiger charge is 2.10. The van der Waals surface area contributed by atoms with Gasteiger partial charge in [-0.3, -0.25) is 0 Å². The Bertz CT molecular complexity index is 3110. The first kappa shape index (κ1) is 75.8. The van der Waals surface area contributed by atoms with Gasteiger partial charge in [-0.25, -0.2) is 15.0 Å². The van der Waals surface area contributed by atoms with Gasteiger partial charge in [-0.15, -0.1) is 0 Å². The van der Waals surface area contributed by atoms with Gasteiger partial charge in [0.05, 0.1) is 0 Å². The maximum atomic E-state index is 4.01. The van der Waals surface area contributed by atoms with Gasteiger partial charge in [0.15, 0.2) is 0 Å². The molecule has 0 atom stereocenters. The summed E-state index contributed by atoms with van der Waals surface area (Å²) in [6.45, 7) is 43.2. The van der Waals surface area contributed by atoms with Gasteiger partial charge in [0.2, 0.25) is 0 Å². The third-order valence-electron chi connectivity index (χ3n) is 12.2. The van der Waals surface area contributed by atoms with Crippen LogP contribution in [0.25, 0.3) is 22.3 Å². The van der Waals surface area contributed by atoms with Gasteiger partial charge >= 0.3 is 0 Å². The molecule has 0 bridgehead atoms. The molecule has 456 valence electrons. The van der Waals surface area contributed by atoms with E-state index in [0.717, 1.165) is 17.5 Å². The van der Waals surface area contributed by atoms with Gasteiger partial charge in [0.25, 0.3) is 0 Å². The molecule has 0 saturated carbocycles. The van der Waals surface area contributed by atoms with Crippen LogP contribution in [0.2, 0.25) is 0 Å². The minimum atomic E-state index is 0.792. The predicted molar refractivity (Wildman–Crippen MR) is 382 cm³/mol. The first-order valence-corrected chi connectivity index (χ1v) is 30.7. The van der Waals surface area contributed by atoms with Crippen LogP contribution >= 0.6 is 0 Å². The van der Waals surface area contributed by atoms with E-state index < -0.39 is 0 Å². The summed E-state index contributed by atoms with van der Waals surface area (Å²) in [7, 11) is 6.00. The average Bonchev–Trinajstić information content (AvgIpc) is 3.64. The molecule has 0 aliphatic heterocycles. The van der Waals surface area contributed by atoms with Crippen LogP contribution < -0.4 is 4.90 Å². The average molecular weight is 1150 g/mol. The molecule has 5 heteroatoms. The Morgan fingerprint density at radius 1 is 0.221 bits per heavy atom. The van der Waals surface area contributed by atoms with Crippen molar-refractivity contribution < 1.29 is 0 Å². The van der Waals surface area contributed by atoms with E-state index in [1.54, 1.807) is 0 Å². The lowest BCUT2D eigenvalue weighted by atomic mass is 10.00. The Labute approximate surface area is 524 Å². The Balaban J connectivity index is 0.000000510. The fourth-order valence-corrected chi connectivity index (χ4v) is 8.90. The van der Waals surface area contributed by atoms with E-state index >= 15 is 0 Å². The largest absolute Gasteiger partial charge is 0.312 e. The van der Waals surface area contributed by atoms with Crippen LogP contribution in [-0.2, 0) is 0 Å². The third kappa shape index (κ3) is 31.1. The van der Waals surface area contributed by atoms with Crippen LogP contribution in [0.4, 0.5) is 17.1 Å². The van der Waals surface area contributed by atoms with Crippen molar-refractivity contribution in [3.63, 3.8) is 0 Å². The maximum absolute atomic E-state index is 4.01. The SMILES string of the molecule is CC.CC.CC.CN(C)C.Cc1cc(C)cc(C)c1.Cc1ccc(-c2cc(C)cc(C)c2)cc1.Cc1ccc(C)c(C)c1.Cc1cccc(-c2cc(C)cc(C)c2)c1.Cc1nc(C)nc(C)n1.c1ccc(N(c2ccccc2)c2ccccc2)cc1. The third-order valence-corrected chi connectivity index (χ3v) is 12.2. The van der Waals surface area contributed by atoms with Crippen molar-refractivity contribution >= 4 is 17.1 Å². The molecule has 1 aromatic heterocycles. The molecule has 0 saturated heterocycles. The van der Waals surface area contributed by atoms with Crippen LogP contribution in [0.5, 0.6) is 0 Å². The molecular formula is C81H107N5. The first-order chi connectivity index (χ1) is 41.0. The number of hydrogen-bond donors (Lipinski definition) is 0. The van der Waals surface area contributed by atoms with Crippen molar-refractivity contribution in [2.24, 2.45) is 0 Å². The van der Waals surface area contributed by atoms with Crippen molar-refractivity contribution in [3.8, 4) is 22.3 Å². The van der Waals surface area contributed by atoms with E-state index in [1.807, 2.05) is 107 Å². The first-order valence-electron chi connectivity index (χ1n) is 30.7. The molecule has 0 radical (unpaired) electrons. The highest BCUT2D eigenvalue weighted by atomic mass is 15.1. The smallest absolute Gasteiger partial charge is 0.129 e. The quantitative estimate of drug-likeness (QED) is 0.172. The Hall–Kier alpha value is -8.25. The van der Waals surface area contributed by atoms with Crippen LogP contribution in [0.3, 0.4) is 0 Å². The molecule has 10 rings (SSSR count). The lowest BCUT2D eigenvalue weighted by Crippen LogP contribution is -2.09. The number of nitrogens with zero attached hydrogens (tertiary/aromatic N) is 5. The molecule has 0 amide bonds. The van der Waals surface area contributed by atoms with Gasteiger partial charge in [0, 0.05) is 17.1 Å². The molecule has 9 aromatic carbocycles. The van der Waals surface area contributed by atoms with Gasteiger partial charge < -0.3 is 9.80 Å². The second kappa shape index (κ2) is 42.5. The second-order valence-corrected chi connectivity index (χ2v) is 21.4. The number of benzene rings is 9. The lowest BCUT2D eigenvalue weighted by Gasteiger charge is -2.25. The minimum Gasteiger partial charge on any atom is -0.312 e. The van der Waals surface area contributed by atoms with E-state index in [4.69, 9.17) is 0 Å². The molecule has 0 unspecified atom stereocenters. The fourth-order valence-electron chi connectivity index (χ4n) is 8.90. The van der Waals surface area contributed by atoms with Crippen molar-refractivity contribution in [1.82, 2.24) is 19.9 Å². The van der Waals surface area contributed by atoms with E-state index in [2.05, 4.69) is 297 Å². The maximum Gasteiger partial charge on any atom is 0.129 e. The molecule has 0 aliphatic carbocycles. The molecule has 1 heterocycles. The minimum absolute atomic E-state index is 0.792. The molecule has 86 heavy (non-hydrogen) atoms. The number of hydrogen-bond acceptors (Lipinski definition) is 5. The van der Waals surface area contributed by atoms with E-state index in [0.29, 0.717) is 0 Å². The summed E-state index contributed by atoms with van der Waals surface area (Å²) in [6, 6.07) is 75.0. The number of para-hydroxylation sites is 3. The molecule has 0 N–H and O–H groups in total. The summed E-state index contributed by atoms with van der Waals surface area (Å²) in [6.07, 6.45) is 0. The molecule has 0 aliphatic rings. The lowest BCUT2D eigenvalue weighted by molar-refractivity contribution is 0.505. The zero-order chi connectivity index (χ0) is 64.7. The summed E-state index contributed by atoms with van der Waals surface area (Å²) >= 11 is 0. The highest BCUT2D eigenvalue weighted by Crippen LogP contribution is 2.33. The monoisotopic (exact) mass is 1150 g/mol. The number of aromatic nitrogens is 3. The fraction of sp³-hybridized carbons (Fsp3) is 0.296. The summed E-state index contributed by atoms with van der Waals surface area (Å²) < 4.78 is 0. The van der Waals surface area contributed by atoms with E-state index in [-0.39, 0.29) is 0 Å². The summed E-state index contributed by atoms with van der Waals surface area (Å²) in [5, 5.41) is 0. The Morgan fingerprint density at radius 2 is 0.500 bits per heavy atom. The summed E-state index contributed by atoms with van der Waals surface area (Å²) in [5.41, 5.74) is 24.8. The van der Waals surface area contributed by atoms with Crippen molar-refractivity contribution in [1.29, 1.82) is 0 Å². The van der Waals surface area contributed by atoms with Crippen LogP contribution in [-0.4, -0.2) is 41.0 Å². The number of anilines is 3. The Morgan fingerprint density at radius 3 is 0.802 bits per heavy atom. The van der Waals surface area contributed by atoms with Crippen molar-refractivity contribution in [2.75, 3.05) is 26.0 Å². The normalized spacial score (nSPS) is 9.50. The van der Waals surface area contributed by atoms with Crippen molar-refractivity contribution in [2.45, 2.75) is 145 Å². The van der Waals surface area contributed by atoms with Gasteiger partial charge in [-0.1, -0.05) is 273 Å². The molecular weight excluding hydrogens is 1040 g/mol. The van der Waals surface area contributed by atoms with Crippen LogP contribution in [0, 0.1) is 104 Å². The molecule has 10 aromatic rings. The van der Waals surface area contributed by atoms with Crippen molar-refractivity contribution in [3.05, 3.63) is 297 Å². The number of aryl methyl sites for hydroxylation is 15. The van der Waals surface area contributed by atoms with Crippen LogP contribution in [0.15, 0.2) is 212 Å². The molecule has 0 fully saturated rings. The standard InChI is InChI=1S/C18H15N.2C15H16.2C9H12.C6H9N3.C3H9N.3C2H6/c1-4-10-16(11-5-1)19(17-12-6-2-7-13-17)18-14-8-3-9-15-18;1-11-4-6-14(7-5-11)15-9-12(2)8-13(3)10-15;1-11-5-4-6-14(8-11)15-9-12(2)7-13(3)10-15;1-7-4-8(2)6-9(3)5-7;1-7-4-5-8(2)9(3)6-7;1-4-7-5(2)9-6(3)8-4;1-4(2)3;3*1-2/h1-15H;2*4-10H,1-3H3;2*4-6H,1-3H3;1-3H3;1-3H3;3*1-2H3. The van der Waals surface area contributed by atoms with E-state index in [9.17, 15) is 0 Å². The van der Waals surface area contributed by atoms with Gasteiger partial charge in [-0.05, 0) is 195 Å². The Kier molecular flexibility index (Phi) is 37.5. The number of rotatable bonds is 5. The topological polar surface area (TPSA) is 45.2 Å². The molecule has 0 spiro atoms. The summed E-state index contributed by atoms with van der Waals surface area (Å²) in [5.74, 6) is 2.38. The summed E-state index contributed by atoms with van der Waals surface area (Å²) in [4.78, 5) is 16.3. The zero-order valence-electron chi connectivity index (χ0n) is 57.4. The highest BCUT2D eigenvalue weighted by molar-refractivity contribution is 5.76. The van der Waals surface area contributed by atoms with Gasteiger partial charge in [0.1, 0.15) is 17.5 Å². The second-order valence-electron chi connectivity index (χ2n) is 21.4. The zero-order valence-corrected chi connectivity index (χ0v) is 57.4. The van der Waals surface area contributed by atoms with E-state index in [1.165, 1.54) is 106 Å². The molecule has 5 nitrogen and oxygen atoms in total. The van der Waals surface area contributed by atoms with Crippen LogP contribution in [0.1, 0.15) is 126 Å². The van der Waals surface area contributed by atoms with Gasteiger partial charge in [-0.2, -0.15) is 0 Å².